The van der Waals surface area contributed by atoms with Gasteiger partial charge in [0.2, 0.25) is 5.91 Å². The Kier molecular flexibility index (Phi) is 5.65. The number of hydrogen-bond donors (Lipinski definition) is 0. The van der Waals surface area contributed by atoms with Crippen molar-refractivity contribution in [3.63, 3.8) is 0 Å². The van der Waals surface area contributed by atoms with Crippen molar-refractivity contribution in [3.05, 3.63) is 41.2 Å². The number of likely N-dealkylation sites (tertiary alicyclic amines) is 2. The van der Waals surface area contributed by atoms with E-state index in [0.717, 1.165) is 38.1 Å². The van der Waals surface area contributed by atoms with Gasteiger partial charge in [0.1, 0.15) is 5.82 Å². The minimum absolute atomic E-state index is 0.152. The van der Waals surface area contributed by atoms with Gasteiger partial charge in [0.25, 0.3) is 0 Å². The van der Waals surface area contributed by atoms with Gasteiger partial charge in [-0.1, -0.05) is 6.07 Å². The summed E-state index contributed by atoms with van der Waals surface area (Å²) in [4.78, 5) is 16.5. The molecule has 2 aliphatic heterocycles. The molecule has 0 radical (unpaired) electrons. The second-order valence-electron chi connectivity index (χ2n) is 6.87. The first kappa shape index (κ1) is 18.9. The molecule has 0 unspecified atom stereocenters. The SMILES string of the molecule is O=C(/C=C/c1ccc(F)c(C(F)(F)F)c1)N1CCC(N2CCCC2)CC1. The predicted molar refractivity (Wildman–Crippen MR) is 90.8 cm³/mol. The molecular weight excluding hydrogens is 348 g/mol. The summed E-state index contributed by atoms with van der Waals surface area (Å²) >= 11 is 0. The molecule has 3 nitrogen and oxygen atoms in total. The monoisotopic (exact) mass is 370 g/mol. The van der Waals surface area contributed by atoms with Gasteiger partial charge in [0.05, 0.1) is 5.56 Å². The molecular formula is C19H22F4N2O. The summed E-state index contributed by atoms with van der Waals surface area (Å²) in [6.45, 7) is 3.57. The van der Waals surface area contributed by atoms with Gasteiger partial charge in [-0.05, 0) is 62.5 Å². The van der Waals surface area contributed by atoms with Gasteiger partial charge in [-0.25, -0.2) is 4.39 Å². The van der Waals surface area contributed by atoms with Crippen molar-refractivity contribution in [1.82, 2.24) is 9.80 Å². The zero-order chi connectivity index (χ0) is 18.7. The van der Waals surface area contributed by atoms with Crippen LogP contribution in [0.5, 0.6) is 0 Å². The number of carbonyl (C=O) groups excluding carboxylic acids is 1. The molecule has 7 heteroatoms. The van der Waals surface area contributed by atoms with Gasteiger partial charge >= 0.3 is 6.18 Å². The Hall–Kier alpha value is -1.89. The van der Waals surface area contributed by atoms with E-state index in [2.05, 4.69) is 4.90 Å². The maximum atomic E-state index is 13.3. The molecule has 2 saturated heterocycles. The Morgan fingerprint density at radius 3 is 2.35 bits per heavy atom. The van der Waals surface area contributed by atoms with Gasteiger partial charge in [0.15, 0.2) is 0 Å². The van der Waals surface area contributed by atoms with Gasteiger partial charge in [0, 0.05) is 25.2 Å². The highest BCUT2D eigenvalue weighted by molar-refractivity contribution is 5.91. The summed E-state index contributed by atoms with van der Waals surface area (Å²) in [5.74, 6) is -1.53. The third-order valence-corrected chi connectivity index (χ3v) is 5.15. The van der Waals surface area contributed by atoms with Crippen molar-refractivity contribution in [2.45, 2.75) is 37.9 Å². The van der Waals surface area contributed by atoms with Crippen molar-refractivity contribution < 1.29 is 22.4 Å². The molecule has 2 aliphatic rings. The molecule has 0 saturated carbocycles. The first-order valence-corrected chi connectivity index (χ1v) is 8.92. The smallest absolute Gasteiger partial charge is 0.339 e. The van der Waals surface area contributed by atoms with Crippen LogP contribution in [0.1, 0.15) is 36.8 Å². The molecule has 2 heterocycles. The molecule has 0 spiro atoms. The lowest BCUT2D eigenvalue weighted by atomic mass is 10.0. The van der Waals surface area contributed by atoms with Crippen LogP contribution in [0.2, 0.25) is 0 Å². The third-order valence-electron chi connectivity index (χ3n) is 5.15. The zero-order valence-electron chi connectivity index (χ0n) is 14.4. The maximum Gasteiger partial charge on any atom is 0.419 e. The van der Waals surface area contributed by atoms with Crippen molar-refractivity contribution >= 4 is 12.0 Å². The van der Waals surface area contributed by atoms with Gasteiger partial charge in [-0.3, -0.25) is 4.79 Å². The number of alkyl halides is 3. The fourth-order valence-corrected chi connectivity index (χ4v) is 3.69. The van der Waals surface area contributed by atoms with Crippen LogP contribution in [0.4, 0.5) is 17.6 Å². The van der Waals surface area contributed by atoms with Gasteiger partial charge in [-0.2, -0.15) is 13.2 Å². The van der Waals surface area contributed by atoms with Crippen LogP contribution in [0, 0.1) is 5.82 Å². The highest BCUT2D eigenvalue weighted by Gasteiger charge is 2.34. The fourth-order valence-electron chi connectivity index (χ4n) is 3.69. The highest BCUT2D eigenvalue weighted by Crippen LogP contribution is 2.32. The van der Waals surface area contributed by atoms with Gasteiger partial charge in [-0.15, -0.1) is 0 Å². The van der Waals surface area contributed by atoms with E-state index in [-0.39, 0.29) is 11.5 Å². The maximum absolute atomic E-state index is 13.3. The van der Waals surface area contributed by atoms with Crippen LogP contribution >= 0.6 is 0 Å². The number of benzene rings is 1. The molecule has 0 aromatic heterocycles. The molecule has 3 rings (SSSR count). The van der Waals surface area contributed by atoms with Gasteiger partial charge < -0.3 is 9.80 Å². The zero-order valence-corrected chi connectivity index (χ0v) is 14.4. The van der Waals surface area contributed by atoms with Crippen LogP contribution in [0.3, 0.4) is 0 Å². The molecule has 2 fully saturated rings. The van der Waals surface area contributed by atoms with E-state index in [1.165, 1.54) is 31.1 Å². The second kappa shape index (κ2) is 7.78. The summed E-state index contributed by atoms with van der Waals surface area (Å²) in [5, 5.41) is 0. The largest absolute Gasteiger partial charge is 0.419 e. The summed E-state index contributed by atoms with van der Waals surface area (Å²) < 4.78 is 51.5. The Labute approximate surface area is 150 Å². The lowest BCUT2D eigenvalue weighted by molar-refractivity contribution is -0.140. The van der Waals surface area contributed by atoms with Crippen LogP contribution in [0.25, 0.3) is 6.08 Å². The minimum Gasteiger partial charge on any atom is -0.339 e. The number of nitrogens with zero attached hydrogens (tertiary/aromatic N) is 2. The normalized spacial score (nSPS) is 20.2. The summed E-state index contributed by atoms with van der Waals surface area (Å²) in [7, 11) is 0. The number of carbonyl (C=O) groups is 1. The highest BCUT2D eigenvalue weighted by atomic mass is 19.4. The molecule has 1 amide bonds. The topological polar surface area (TPSA) is 23.6 Å². The third kappa shape index (κ3) is 4.44. The second-order valence-corrected chi connectivity index (χ2v) is 6.87. The lowest BCUT2D eigenvalue weighted by Crippen LogP contribution is -2.45. The predicted octanol–water partition coefficient (Wildman–Crippen LogP) is 3.94. The van der Waals surface area contributed by atoms with E-state index in [1.807, 2.05) is 0 Å². The molecule has 0 aliphatic carbocycles. The van der Waals surface area contributed by atoms with E-state index < -0.39 is 17.6 Å². The average Bonchev–Trinajstić information content (AvgIpc) is 3.14. The molecule has 142 valence electrons. The summed E-state index contributed by atoms with van der Waals surface area (Å²) in [6.07, 6.45) is 2.14. The van der Waals surface area contributed by atoms with Crippen LogP contribution in [-0.2, 0) is 11.0 Å². The number of rotatable bonds is 3. The molecule has 1 aromatic carbocycles. The average molecular weight is 370 g/mol. The van der Waals surface area contributed by atoms with E-state index in [1.54, 1.807) is 4.90 Å². The number of amides is 1. The van der Waals surface area contributed by atoms with E-state index >= 15 is 0 Å². The summed E-state index contributed by atoms with van der Waals surface area (Å²) in [6, 6.07) is 3.25. The molecule has 0 bridgehead atoms. The van der Waals surface area contributed by atoms with Crippen molar-refractivity contribution in [2.24, 2.45) is 0 Å². The summed E-state index contributed by atoms with van der Waals surface area (Å²) in [5.41, 5.74) is -1.17. The first-order valence-electron chi connectivity index (χ1n) is 8.92. The molecule has 0 N–H and O–H groups in total. The van der Waals surface area contributed by atoms with E-state index in [4.69, 9.17) is 0 Å². The molecule has 26 heavy (non-hydrogen) atoms. The van der Waals surface area contributed by atoms with Crippen molar-refractivity contribution in [1.29, 1.82) is 0 Å². The molecule has 0 atom stereocenters. The first-order chi connectivity index (χ1) is 12.3. The Balaban J connectivity index is 1.58. The van der Waals surface area contributed by atoms with Crippen molar-refractivity contribution in [2.75, 3.05) is 26.2 Å². The molecule has 1 aromatic rings. The van der Waals surface area contributed by atoms with Crippen molar-refractivity contribution in [3.8, 4) is 0 Å². The number of piperidine rings is 1. The Morgan fingerprint density at radius 1 is 1.08 bits per heavy atom. The van der Waals surface area contributed by atoms with E-state index in [0.29, 0.717) is 19.1 Å². The quantitative estimate of drug-likeness (QED) is 0.594. The van der Waals surface area contributed by atoms with E-state index in [9.17, 15) is 22.4 Å². The number of halogens is 4. The number of hydrogen-bond acceptors (Lipinski definition) is 2. The standard InChI is InChI=1S/C19H22F4N2O/c20-17-5-3-14(13-16(17)19(21,22)23)4-6-18(26)25-11-7-15(8-12-25)24-9-1-2-10-24/h3-6,13,15H,1-2,7-12H2/b6-4+. The Bertz CT molecular complexity index is 673. The van der Waals surface area contributed by atoms with Crippen LogP contribution in [0.15, 0.2) is 24.3 Å². The Morgan fingerprint density at radius 2 is 1.73 bits per heavy atom. The minimum atomic E-state index is -4.75. The fraction of sp³-hybridized carbons (Fsp3) is 0.526. The lowest BCUT2D eigenvalue weighted by Gasteiger charge is -2.36. The van der Waals surface area contributed by atoms with Crippen LogP contribution in [-0.4, -0.2) is 47.9 Å². The van der Waals surface area contributed by atoms with Crippen LogP contribution < -0.4 is 0 Å².